The summed E-state index contributed by atoms with van der Waals surface area (Å²) in [6.45, 7) is 0.839. The van der Waals surface area contributed by atoms with Crippen LogP contribution in [0.5, 0.6) is 0 Å². The van der Waals surface area contributed by atoms with Crippen molar-refractivity contribution in [2.24, 2.45) is 5.73 Å². The van der Waals surface area contributed by atoms with E-state index in [1.807, 2.05) is 0 Å². The summed E-state index contributed by atoms with van der Waals surface area (Å²) in [4.78, 5) is 22.0. The van der Waals surface area contributed by atoms with Gasteiger partial charge < -0.3 is 11.1 Å². The number of carbonyl (C=O) groups is 1. The third kappa shape index (κ3) is 2.48. The first kappa shape index (κ1) is 12.5. The molecule has 1 atom stereocenters. The summed E-state index contributed by atoms with van der Waals surface area (Å²) < 4.78 is 0. The van der Waals surface area contributed by atoms with Crippen LogP contribution in [0.1, 0.15) is 29.9 Å². The predicted molar refractivity (Wildman–Crippen MR) is 66.0 cm³/mol. The van der Waals surface area contributed by atoms with E-state index in [0.29, 0.717) is 18.5 Å². The Bertz CT molecular complexity index is 487. The molecule has 0 spiro atoms. The number of nitrogens with two attached hydrogens (primary N) is 1. The van der Waals surface area contributed by atoms with Gasteiger partial charge in [0, 0.05) is 37.1 Å². The van der Waals surface area contributed by atoms with Crippen LogP contribution >= 0.6 is 0 Å². The molecule has 0 unspecified atom stereocenters. The lowest BCUT2D eigenvalue weighted by Crippen LogP contribution is -2.32. The van der Waals surface area contributed by atoms with E-state index >= 15 is 0 Å². The van der Waals surface area contributed by atoms with Crippen molar-refractivity contribution in [2.45, 2.75) is 25.3 Å². The highest BCUT2D eigenvalue weighted by Gasteiger charge is 2.27. The molecular weight excluding hydrogens is 234 g/mol. The number of nitro groups is 1. The normalized spacial score (nSPS) is 19.4. The molecule has 1 heterocycles. The zero-order valence-corrected chi connectivity index (χ0v) is 9.89. The average molecular weight is 249 g/mol. The first-order chi connectivity index (χ1) is 8.61. The number of carbonyl (C=O) groups excluding carboxylic acids is 1. The molecule has 3 N–H and O–H groups in total. The number of hydrogen-bond donors (Lipinski definition) is 2. The number of amides is 1. The van der Waals surface area contributed by atoms with E-state index in [9.17, 15) is 14.9 Å². The number of rotatable bonds is 3. The average Bonchev–Trinajstić information content (AvgIpc) is 2.38. The van der Waals surface area contributed by atoms with Crippen LogP contribution in [0.4, 0.5) is 5.69 Å². The highest BCUT2D eigenvalue weighted by molar-refractivity contribution is 5.78. The molecule has 6 heteroatoms. The number of nitrogens with zero attached hydrogens (tertiary/aromatic N) is 1. The summed E-state index contributed by atoms with van der Waals surface area (Å²) in [5, 5.41) is 13.8. The second-order valence-electron chi connectivity index (χ2n) is 4.39. The summed E-state index contributed by atoms with van der Waals surface area (Å²) in [7, 11) is 0. The van der Waals surface area contributed by atoms with E-state index in [-0.39, 0.29) is 24.1 Å². The smallest absolute Gasteiger partial charge is 0.273 e. The second kappa shape index (κ2) is 5.14. The number of piperidine rings is 1. The molecule has 18 heavy (non-hydrogen) atoms. The van der Waals surface area contributed by atoms with Gasteiger partial charge in [-0.1, -0.05) is 12.1 Å². The quantitative estimate of drug-likeness (QED) is 0.617. The lowest BCUT2D eigenvalue weighted by molar-refractivity contribution is -0.385. The van der Waals surface area contributed by atoms with Crippen molar-refractivity contribution in [2.75, 3.05) is 6.54 Å². The molecule has 2 rings (SSSR count). The van der Waals surface area contributed by atoms with Crippen molar-refractivity contribution in [3.63, 3.8) is 0 Å². The third-order valence-corrected chi connectivity index (χ3v) is 3.21. The topological polar surface area (TPSA) is 98.3 Å². The maximum atomic E-state index is 11.4. The number of hydrogen-bond acceptors (Lipinski definition) is 4. The summed E-state index contributed by atoms with van der Waals surface area (Å²) in [6, 6.07) is 5.01. The Labute approximate surface area is 104 Å². The maximum absolute atomic E-state index is 11.4. The second-order valence-corrected chi connectivity index (χ2v) is 4.39. The molecule has 0 aromatic heterocycles. The Kier molecular flexibility index (Phi) is 3.57. The van der Waals surface area contributed by atoms with Crippen molar-refractivity contribution in [1.29, 1.82) is 0 Å². The van der Waals surface area contributed by atoms with Crippen LogP contribution in [0, 0.1) is 10.1 Å². The van der Waals surface area contributed by atoms with Gasteiger partial charge in [0.15, 0.2) is 0 Å². The molecule has 0 saturated carbocycles. The number of benzene rings is 1. The Morgan fingerprint density at radius 3 is 2.89 bits per heavy atom. The SMILES string of the molecule is NCc1ccc([C@@H]2CCNC(=O)C2)c([N+](=O)[O-])c1. The molecule has 1 aromatic carbocycles. The van der Waals surface area contributed by atoms with Gasteiger partial charge in [0.05, 0.1) is 4.92 Å². The summed E-state index contributed by atoms with van der Waals surface area (Å²) >= 11 is 0. The maximum Gasteiger partial charge on any atom is 0.273 e. The van der Waals surface area contributed by atoms with E-state index in [2.05, 4.69) is 5.32 Å². The first-order valence-corrected chi connectivity index (χ1v) is 5.85. The molecule has 1 aliphatic heterocycles. The molecule has 1 aromatic rings. The summed E-state index contributed by atoms with van der Waals surface area (Å²) in [6.07, 6.45) is 1.04. The van der Waals surface area contributed by atoms with E-state index in [4.69, 9.17) is 5.73 Å². The fourth-order valence-electron chi connectivity index (χ4n) is 2.27. The van der Waals surface area contributed by atoms with Gasteiger partial charge in [-0.05, 0) is 12.0 Å². The van der Waals surface area contributed by atoms with Crippen LogP contribution in [0.25, 0.3) is 0 Å². The van der Waals surface area contributed by atoms with Crippen molar-refractivity contribution < 1.29 is 9.72 Å². The van der Waals surface area contributed by atoms with Gasteiger partial charge in [-0.3, -0.25) is 14.9 Å². The van der Waals surface area contributed by atoms with Gasteiger partial charge in [0.2, 0.25) is 5.91 Å². The van der Waals surface area contributed by atoms with E-state index in [0.717, 1.165) is 12.0 Å². The molecule has 0 bridgehead atoms. The van der Waals surface area contributed by atoms with Gasteiger partial charge in [0.1, 0.15) is 0 Å². The highest BCUT2D eigenvalue weighted by Crippen LogP contribution is 2.33. The molecule has 1 aliphatic rings. The predicted octanol–water partition coefficient (Wildman–Crippen LogP) is 1.05. The fraction of sp³-hybridized carbons (Fsp3) is 0.417. The zero-order chi connectivity index (χ0) is 13.1. The summed E-state index contributed by atoms with van der Waals surface area (Å²) in [5.41, 5.74) is 6.91. The van der Waals surface area contributed by atoms with Crippen LogP contribution < -0.4 is 11.1 Å². The Morgan fingerprint density at radius 1 is 1.50 bits per heavy atom. The van der Waals surface area contributed by atoms with Crippen molar-refractivity contribution >= 4 is 11.6 Å². The van der Waals surface area contributed by atoms with Gasteiger partial charge in [-0.25, -0.2) is 0 Å². The molecule has 0 radical (unpaired) electrons. The Morgan fingerprint density at radius 2 is 2.28 bits per heavy atom. The Hall–Kier alpha value is -1.95. The molecule has 6 nitrogen and oxygen atoms in total. The van der Waals surface area contributed by atoms with E-state index in [1.54, 1.807) is 12.1 Å². The number of nitrogens with one attached hydrogen (secondary N) is 1. The monoisotopic (exact) mass is 249 g/mol. The lowest BCUT2D eigenvalue weighted by Gasteiger charge is -2.22. The standard InChI is InChI=1S/C12H15N3O3/c13-7-8-1-2-10(11(5-8)15(17)18)9-3-4-14-12(16)6-9/h1-2,5,9H,3-4,6-7,13H2,(H,14,16)/t9-/m1/s1. The van der Waals surface area contributed by atoms with Crippen LogP contribution in [0.3, 0.4) is 0 Å². The van der Waals surface area contributed by atoms with Gasteiger partial charge >= 0.3 is 0 Å². The van der Waals surface area contributed by atoms with Crippen LogP contribution in [-0.2, 0) is 11.3 Å². The van der Waals surface area contributed by atoms with Crippen LogP contribution in [0.2, 0.25) is 0 Å². The van der Waals surface area contributed by atoms with Crippen LogP contribution in [0.15, 0.2) is 18.2 Å². The minimum atomic E-state index is -0.402. The van der Waals surface area contributed by atoms with E-state index in [1.165, 1.54) is 6.07 Å². The van der Waals surface area contributed by atoms with Gasteiger partial charge in [-0.15, -0.1) is 0 Å². The van der Waals surface area contributed by atoms with Crippen molar-refractivity contribution in [3.8, 4) is 0 Å². The lowest BCUT2D eigenvalue weighted by atomic mass is 9.88. The minimum absolute atomic E-state index is 0.0524. The Balaban J connectivity index is 2.36. The van der Waals surface area contributed by atoms with Crippen molar-refractivity contribution in [3.05, 3.63) is 39.4 Å². The molecule has 1 amide bonds. The fourth-order valence-corrected chi connectivity index (χ4v) is 2.27. The molecule has 0 aliphatic carbocycles. The molecule has 1 saturated heterocycles. The molecule has 1 fully saturated rings. The van der Waals surface area contributed by atoms with E-state index < -0.39 is 4.92 Å². The van der Waals surface area contributed by atoms with Gasteiger partial charge in [-0.2, -0.15) is 0 Å². The minimum Gasteiger partial charge on any atom is -0.356 e. The molecular formula is C12H15N3O3. The molecule has 96 valence electrons. The van der Waals surface area contributed by atoms with Gasteiger partial charge in [0.25, 0.3) is 5.69 Å². The zero-order valence-electron chi connectivity index (χ0n) is 9.89. The van der Waals surface area contributed by atoms with Crippen molar-refractivity contribution in [1.82, 2.24) is 5.32 Å². The third-order valence-electron chi connectivity index (χ3n) is 3.21. The summed E-state index contributed by atoms with van der Waals surface area (Å²) in [5.74, 6) is -0.130. The van der Waals surface area contributed by atoms with Crippen LogP contribution in [-0.4, -0.2) is 17.4 Å². The largest absolute Gasteiger partial charge is 0.356 e. The highest BCUT2D eigenvalue weighted by atomic mass is 16.6. The number of nitro benzene ring substituents is 1. The first-order valence-electron chi connectivity index (χ1n) is 5.85.